The van der Waals surface area contributed by atoms with Crippen molar-refractivity contribution in [1.29, 1.82) is 0 Å². The number of nitrogens with zero attached hydrogens (tertiary/aromatic N) is 2. The Bertz CT molecular complexity index is 927. The van der Waals surface area contributed by atoms with Crippen LogP contribution in [-0.4, -0.2) is 26.6 Å². The Morgan fingerprint density at radius 2 is 2.09 bits per heavy atom. The maximum Gasteiger partial charge on any atom is 0.329 e. The number of para-hydroxylation sites is 1. The van der Waals surface area contributed by atoms with Gasteiger partial charge in [-0.25, -0.2) is 4.79 Å². The van der Waals surface area contributed by atoms with Crippen molar-refractivity contribution in [3.05, 3.63) is 34.2 Å². The molecule has 0 amide bonds. The smallest absolute Gasteiger partial charge is 0.299 e. The molecule has 1 unspecified atom stereocenters. The molecule has 1 heterocycles. The minimum atomic E-state index is -0.583. The summed E-state index contributed by atoms with van der Waals surface area (Å²) in [6, 6.07) is 4.83. The van der Waals surface area contributed by atoms with Crippen molar-refractivity contribution >= 4 is 34.2 Å². The van der Waals surface area contributed by atoms with Gasteiger partial charge in [0, 0.05) is 13.5 Å². The number of imidazole rings is 1. The number of carbonyl (C=O) groups is 2. The molecule has 0 bridgehead atoms. The van der Waals surface area contributed by atoms with Crippen LogP contribution in [0, 0.1) is 11.8 Å². The number of benzene rings is 1. The number of hydrogen-bond acceptors (Lipinski definition) is 3. The van der Waals surface area contributed by atoms with Crippen molar-refractivity contribution in [2.24, 2.45) is 7.05 Å². The van der Waals surface area contributed by atoms with E-state index in [2.05, 4.69) is 11.8 Å². The van der Waals surface area contributed by atoms with E-state index in [9.17, 15) is 14.4 Å². The van der Waals surface area contributed by atoms with Crippen molar-refractivity contribution in [1.82, 2.24) is 9.13 Å². The van der Waals surface area contributed by atoms with Crippen molar-refractivity contribution in [2.45, 2.75) is 25.3 Å². The van der Waals surface area contributed by atoms with Crippen molar-refractivity contribution in [3.63, 3.8) is 0 Å². The summed E-state index contributed by atoms with van der Waals surface area (Å²) in [5, 5.41) is 0. The number of Topliss-reactive ketones (excluding diaryl/α,β-unsaturated/α-hetero) is 2. The predicted octanol–water partition coefficient (Wildman–Crippen LogP) is 1.79. The van der Waals surface area contributed by atoms with Gasteiger partial charge in [-0.15, -0.1) is 11.6 Å². The highest BCUT2D eigenvalue weighted by Crippen LogP contribution is 2.27. The SMILES string of the molecule is Cn1c(=O)n(C2CCC(=O)CC2=O)c2cccc(C#CCCl)c21. The number of halogens is 1. The van der Waals surface area contributed by atoms with Crippen LogP contribution in [0.5, 0.6) is 0 Å². The summed E-state index contributed by atoms with van der Waals surface area (Å²) in [7, 11) is 1.66. The first-order valence-electron chi connectivity index (χ1n) is 7.33. The molecule has 0 saturated heterocycles. The van der Waals surface area contributed by atoms with Crippen LogP contribution in [-0.2, 0) is 16.6 Å². The van der Waals surface area contributed by atoms with E-state index < -0.39 is 6.04 Å². The third kappa shape index (κ3) is 2.60. The molecule has 0 aliphatic heterocycles. The molecule has 1 fully saturated rings. The third-order valence-electron chi connectivity index (χ3n) is 4.14. The summed E-state index contributed by atoms with van der Waals surface area (Å²) in [4.78, 5) is 36.3. The van der Waals surface area contributed by atoms with Crippen LogP contribution in [0.4, 0.5) is 0 Å². The van der Waals surface area contributed by atoms with Gasteiger partial charge >= 0.3 is 5.69 Å². The Balaban J connectivity index is 2.23. The zero-order chi connectivity index (χ0) is 16.6. The van der Waals surface area contributed by atoms with Crippen LogP contribution in [0.3, 0.4) is 0 Å². The summed E-state index contributed by atoms with van der Waals surface area (Å²) in [6.45, 7) is 0. The maximum absolute atomic E-state index is 12.7. The van der Waals surface area contributed by atoms with Gasteiger partial charge in [0.15, 0.2) is 5.78 Å². The first kappa shape index (κ1) is 15.6. The molecule has 0 N–H and O–H groups in total. The summed E-state index contributed by atoms with van der Waals surface area (Å²) < 4.78 is 2.99. The third-order valence-corrected chi connectivity index (χ3v) is 4.28. The second-order valence-corrected chi connectivity index (χ2v) is 5.82. The lowest BCUT2D eigenvalue weighted by atomic mass is 9.92. The van der Waals surface area contributed by atoms with E-state index in [0.29, 0.717) is 29.4 Å². The van der Waals surface area contributed by atoms with Crippen molar-refractivity contribution < 1.29 is 9.59 Å². The largest absolute Gasteiger partial charge is 0.329 e. The van der Waals surface area contributed by atoms with Gasteiger partial charge in [0.2, 0.25) is 0 Å². The molecule has 1 aliphatic rings. The standard InChI is InChI=1S/C17H15ClN2O3/c1-19-16-11(5-3-9-18)4-2-6-14(16)20(17(19)23)13-8-7-12(21)10-15(13)22/h2,4,6,13H,7-10H2,1H3. The average Bonchev–Trinajstić information content (AvgIpc) is 2.78. The van der Waals surface area contributed by atoms with Gasteiger partial charge in [-0.2, -0.15) is 0 Å². The molecule has 0 radical (unpaired) electrons. The molecule has 5 nitrogen and oxygen atoms in total. The van der Waals surface area contributed by atoms with Gasteiger partial charge in [-0.3, -0.25) is 18.7 Å². The molecule has 23 heavy (non-hydrogen) atoms. The van der Waals surface area contributed by atoms with Gasteiger partial charge in [-0.05, 0) is 18.6 Å². The van der Waals surface area contributed by atoms with E-state index in [4.69, 9.17) is 11.6 Å². The second-order valence-electron chi connectivity index (χ2n) is 5.56. The molecule has 1 atom stereocenters. The average molecular weight is 331 g/mol. The molecule has 118 valence electrons. The number of carbonyl (C=O) groups excluding carboxylic acids is 2. The molecule has 2 aromatic rings. The number of aryl methyl sites for hydroxylation is 1. The summed E-state index contributed by atoms with van der Waals surface area (Å²) in [5.41, 5.74) is 1.76. The number of alkyl halides is 1. The van der Waals surface area contributed by atoms with E-state index in [1.54, 1.807) is 19.2 Å². The number of fused-ring (bicyclic) bond motifs is 1. The Morgan fingerprint density at radius 1 is 1.30 bits per heavy atom. The summed E-state index contributed by atoms with van der Waals surface area (Å²) in [5.74, 6) is 5.67. The zero-order valence-corrected chi connectivity index (χ0v) is 13.4. The Hall–Kier alpha value is -2.32. The first-order chi connectivity index (χ1) is 11.0. The van der Waals surface area contributed by atoms with Crippen LogP contribution in [0.15, 0.2) is 23.0 Å². The number of ketones is 2. The molecular weight excluding hydrogens is 316 g/mol. The highest BCUT2D eigenvalue weighted by Gasteiger charge is 2.31. The fraction of sp³-hybridized carbons (Fsp3) is 0.353. The quantitative estimate of drug-likeness (QED) is 0.455. The van der Waals surface area contributed by atoms with Crippen LogP contribution < -0.4 is 5.69 Å². The van der Waals surface area contributed by atoms with Gasteiger partial charge in [0.1, 0.15) is 5.78 Å². The fourth-order valence-electron chi connectivity index (χ4n) is 3.10. The van der Waals surface area contributed by atoms with Gasteiger partial charge in [-0.1, -0.05) is 17.9 Å². The molecule has 1 saturated carbocycles. The number of rotatable bonds is 1. The minimum Gasteiger partial charge on any atom is -0.299 e. The highest BCUT2D eigenvalue weighted by molar-refractivity contribution is 6.19. The molecule has 0 spiro atoms. The highest BCUT2D eigenvalue weighted by atomic mass is 35.5. The first-order valence-corrected chi connectivity index (χ1v) is 7.87. The van der Waals surface area contributed by atoms with Gasteiger partial charge in [0.05, 0.1) is 34.9 Å². The molecular formula is C17H15ClN2O3. The number of aromatic nitrogens is 2. The monoisotopic (exact) mass is 330 g/mol. The molecule has 1 aliphatic carbocycles. The lowest BCUT2D eigenvalue weighted by Crippen LogP contribution is -2.34. The van der Waals surface area contributed by atoms with Gasteiger partial charge in [0.25, 0.3) is 0 Å². The fourth-order valence-corrected chi connectivity index (χ4v) is 3.17. The summed E-state index contributed by atoms with van der Waals surface area (Å²) in [6.07, 6.45) is 0.596. The van der Waals surface area contributed by atoms with Crippen molar-refractivity contribution in [2.75, 3.05) is 5.88 Å². The van der Waals surface area contributed by atoms with Crippen LogP contribution >= 0.6 is 11.6 Å². The lowest BCUT2D eigenvalue weighted by molar-refractivity contribution is -0.132. The Morgan fingerprint density at radius 3 is 2.78 bits per heavy atom. The van der Waals surface area contributed by atoms with E-state index >= 15 is 0 Å². The second kappa shape index (κ2) is 6.05. The van der Waals surface area contributed by atoms with Gasteiger partial charge < -0.3 is 0 Å². The molecule has 3 rings (SSSR count). The van der Waals surface area contributed by atoms with E-state index in [-0.39, 0.29) is 29.6 Å². The maximum atomic E-state index is 12.7. The molecule has 6 heteroatoms. The zero-order valence-electron chi connectivity index (χ0n) is 12.6. The Labute approximate surface area is 137 Å². The normalized spacial score (nSPS) is 18.1. The Kier molecular flexibility index (Phi) is 4.10. The topological polar surface area (TPSA) is 61.1 Å². The summed E-state index contributed by atoms with van der Waals surface area (Å²) >= 11 is 5.61. The van der Waals surface area contributed by atoms with Crippen LogP contribution in [0.25, 0.3) is 11.0 Å². The molecule has 1 aromatic carbocycles. The minimum absolute atomic E-state index is 0.0618. The van der Waals surface area contributed by atoms with Crippen molar-refractivity contribution in [3.8, 4) is 11.8 Å². The number of hydrogen-bond donors (Lipinski definition) is 0. The van der Waals surface area contributed by atoms with Crippen LogP contribution in [0.1, 0.15) is 30.9 Å². The predicted molar refractivity (Wildman–Crippen MR) is 87.7 cm³/mol. The van der Waals surface area contributed by atoms with E-state index in [0.717, 1.165) is 0 Å². The van der Waals surface area contributed by atoms with E-state index in [1.165, 1.54) is 9.13 Å². The van der Waals surface area contributed by atoms with Crippen LogP contribution in [0.2, 0.25) is 0 Å². The molecule has 1 aromatic heterocycles. The van der Waals surface area contributed by atoms with E-state index in [1.807, 2.05) is 6.07 Å². The lowest BCUT2D eigenvalue weighted by Gasteiger charge is -2.21.